The fourth-order valence-corrected chi connectivity index (χ4v) is 5.29. The predicted octanol–water partition coefficient (Wildman–Crippen LogP) is 4.35. The second kappa shape index (κ2) is 8.04. The molecule has 0 radical (unpaired) electrons. The van der Waals surface area contributed by atoms with Crippen LogP contribution in [0.15, 0.2) is 57.9 Å². The summed E-state index contributed by atoms with van der Waals surface area (Å²) in [7, 11) is -3.68. The zero-order valence-electron chi connectivity index (χ0n) is 16.1. The lowest BCUT2D eigenvalue weighted by Crippen LogP contribution is -2.30. The molecule has 152 valence electrons. The molecular formula is C21H22FN3O3S. The lowest BCUT2D eigenvalue weighted by atomic mass is 10.1. The first kappa shape index (κ1) is 19.7. The molecule has 2 aromatic carbocycles. The van der Waals surface area contributed by atoms with Crippen LogP contribution in [0.3, 0.4) is 0 Å². The van der Waals surface area contributed by atoms with Crippen LogP contribution < -0.4 is 0 Å². The fourth-order valence-electron chi connectivity index (χ4n) is 3.64. The zero-order chi connectivity index (χ0) is 20.4. The number of halogens is 1. The number of aromatic nitrogens is 2. The second-order valence-electron chi connectivity index (χ2n) is 7.13. The average molecular weight is 415 g/mol. The molecule has 1 aromatic heterocycles. The van der Waals surface area contributed by atoms with Crippen molar-refractivity contribution < 1.29 is 17.3 Å². The highest BCUT2D eigenvalue weighted by Crippen LogP contribution is 2.36. The summed E-state index contributed by atoms with van der Waals surface area (Å²) in [6.07, 6.45) is 3.22. The predicted molar refractivity (Wildman–Crippen MR) is 106 cm³/mol. The summed E-state index contributed by atoms with van der Waals surface area (Å²) in [5.74, 6) is 0.0750. The normalized spacial score (nSPS) is 17.7. The summed E-state index contributed by atoms with van der Waals surface area (Å²) < 4.78 is 46.6. The largest absolute Gasteiger partial charge is 0.337 e. The first-order valence-electron chi connectivity index (χ1n) is 9.69. The molecule has 1 aliphatic rings. The Morgan fingerprint density at radius 3 is 2.72 bits per heavy atom. The van der Waals surface area contributed by atoms with Crippen molar-refractivity contribution in [2.75, 3.05) is 6.54 Å². The highest BCUT2D eigenvalue weighted by molar-refractivity contribution is 7.89. The van der Waals surface area contributed by atoms with Gasteiger partial charge in [0, 0.05) is 12.1 Å². The van der Waals surface area contributed by atoms with Crippen molar-refractivity contribution in [2.45, 2.75) is 43.5 Å². The SMILES string of the molecule is CCCc1ccc(S(=O)(=O)N2CCC[C@H]2c2nc(-c3cccc(F)c3)no2)cc1. The lowest BCUT2D eigenvalue weighted by Gasteiger charge is -2.21. The molecular weight excluding hydrogens is 393 g/mol. The van der Waals surface area contributed by atoms with Crippen LogP contribution in [0, 0.1) is 5.82 Å². The molecule has 1 aliphatic heterocycles. The van der Waals surface area contributed by atoms with E-state index >= 15 is 0 Å². The Kier molecular flexibility index (Phi) is 5.47. The smallest absolute Gasteiger partial charge is 0.245 e. The van der Waals surface area contributed by atoms with Gasteiger partial charge in [-0.15, -0.1) is 0 Å². The van der Waals surface area contributed by atoms with Crippen molar-refractivity contribution in [3.8, 4) is 11.4 Å². The number of aryl methyl sites for hydroxylation is 1. The number of benzene rings is 2. The Morgan fingerprint density at radius 2 is 2.00 bits per heavy atom. The highest BCUT2D eigenvalue weighted by Gasteiger charge is 2.39. The number of hydrogen-bond donors (Lipinski definition) is 0. The monoisotopic (exact) mass is 415 g/mol. The molecule has 1 fully saturated rings. The van der Waals surface area contributed by atoms with Crippen LogP contribution in [-0.4, -0.2) is 29.4 Å². The van der Waals surface area contributed by atoms with E-state index in [-0.39, 0.29) is 16.6 Å². The summed E-state index contributed by atoms with van der Waals surface area (Å²) in [6, 6.07) is 12.4. The van der Waals surface area contributed by atoms with Gasteiger partial charge in [-0.2, -0.15) is 9.29 Å². The molecule has 0 amide bonds. The Labute approximate surface area is 169 Å². The standard InChI is InChI=1S/C21H22FN3O3S/c1-2-5-15-9-11-18(12-10-15)29(26,27)25-13-4-8-19(25)21-23-20(24-28-21)16-6-3-7-17(22)14-16/h3,6-7,9-12,14,19H,2,4-5,8,13H2,1H3/t19-/m0/s1. The van der Waals surface area contributed by atoms with Crippen LogP contribution in [0.4, 0.5) is 4.39 Å². The van der Waals surface area contributed by atoms with Gasteiger partial charge in [-0.3, -0.25) is 0 Å². The van der Waals surface area contributed by atoms with Crippen LogP contribution in [0.25, 0.3) is 11.4 Å². The van der Waals surface area contributed by atoms with Crippen molar-refractivity contribution in [1.82, 2.24) is 14.4 Å². The van der Waals surface area contributed by atoms with Gasteiger partial charge in [0.25, 0.3) is 0 Å². The van der Waals surface area contributed by atoms with E-state index in [2.05, 4.69) is 17.1 Å². The minimum absolute atomic E-state index is 0.230. The molecule has 0 aliphatic carbocycles. The van der Waals surface area contributed by atoms with Crippen molar-refractivity contribution in [3.63, 3.8) is 0 Å². The average Bonchev–Trinajstić information content (AvgIpc) is 3.38. The number of nitrogens with zero attached hydrogens (tertiary/aromatic N) is 3. The van der Waals surface area contributed by atoms with Crippen molar-refractivity contribution in [1.29, 1.82) is 0 Å². The van der Waals surface area contributed by atoms with Crippen molar-refractivity contribution in [2.24, 2.45) is 0 Å². The van der Waals surface area contributed by atoms with E-state index in [1.807, 2.05) is 12.1 Å². The molecule has 2 heterocycles. The number of sulfonamides is 1. The van der Waals surface area contributed by atoms with Gasteiger partial charge in [-0.25, -0.2) is 12.8 Å². The third kappa shape index (κ3) is 3.95. The molecule has 0 bridgehead atoms. The number of rotatable bonds is 6. The Morgan fingerprint density at radius 1 is 1.21 bits per heavy atom. The van der Waals surface area contributed by atoms with Crippen LogP contribution in [-0.2, 0) is 16.4 Å². The molecule has 0 unspecified atom stereocenters. The quantitative estimate of drug-likeness (QED) is 0.598. The molecule has 0 N–H and O–H groups in total. The molecule has 1 saturated heterocycles. The first-order valence-corrected chi connectivity index (χ1v) is 11.1. The summed E-state index contributed by atoms with van der Waals surface area (Å²) in [5.41, 5.74) is 1.60. The van der Waals surface area contributed by atoms with E-state index in [1.54, 1.807) is 24.3 Å². The maximum absolute atomic E-state index is 13.5. The third-order valence-electron chi connectivity index (χ3n) is 5.08. The molecule has 29 heavy (non-hydrogen) atoms. The van der Waals surface area contributed by atoms with Crippen LogP contribution in [0.1, 0.15) is 43.7 Å². The van der Waals surface area contributed by atoms with Gasteiger partial charge < -0.3 is 4.52 Å². The molecule has 8 heteroatoms. The summed E-state index contributed by atoms with van der Waals surface area (Å²) in [4.78, 5) is 4.61. The van der Waals surface area contributed by atoms with Gasteiger partial charge in [-0.1, -0.05) is 42.8 Å². The summed E-state index contributed by atoms with van der Waals surface area (Å²) >= 11 is 0. The lowest BCUT2D eigenvalue weighted by molar-refractivity contribution is 0.290. The van der Waals surface area contributed by atoms with Crippen LogP contribution >= 0.6 is 0 Å². The summed E-state index contributed by atoms with van der Waals surface area (Å²) in [6.45, 7) is 2.48. The first-order chi connectivity index (χ1) is 14.0. The molecule has 0 saturated carbocycles. The van der Waals surface area contributed by atoms with Crippen molar-refractivity contribution in [3.05, 3.63) is 65.8 Å². The topological polar surface area (TPSA) is 76.3 Å². The van der Waals surface area contributed by atoms with Crippen LogP contribution in [0.2, 0.25) is 0 Å². The van der Waals surface area contributed by atoms with Gasteiger partial charge in [0.05, 0.1) is 4.90 Å². The van der Waals surface area contributed by atoms with Gasteiger partial charge in [-0.05, 0) is 49.1 Å². The minimum Gasteiger partial charge on any atom is -0.337 e. The Balaban J connectivity index is 1.60. The molecule has 3 aromatic rings. The Bertz CT molecular complexity index is 1100. The van der Waals surface area contributed by atoms with Crippen molar-refractivity contribution >= 4 is 10.0 Å². The molecule has 4 rings (SSSR count). The fraction of sp³-hybridized carbons (Fsp3) is 0.333. The van der Waals surface area contributed by atoms with E-state index < -0.39 is 21.9 Å². The minimum atomic E-state index is -3.68. The molecule has 6 nitrogen and oxygen atoms in total. The highest BCUT2D eigenvalue weighted by atomic mass is 32.2. The van der Waals surface area contributed by atoms with E-state index in [4.69, 9.17) is 4.52 Å². The van der Waals surface area contributed by atoms with E-state index in [0.717, 1.165) is 18.4 Å². The van der Waals surface area contributed by atoms with Gasteiger partial charge >= 0.3 is 0 Å². The van der Waals surface area contributed by atoms with E-state index in [0.29, 0.717) is 24.9 Å². The second-order valence-corrected chi connectivity index (χ2v) is 9.02. The van der Waals surface area contributed by atoms with E-state index in [9.17, 15) is 12.8 Å². The Hall–Kier alpha value is -2.58. The number of hydrogen-bond acceptors (Lipinski definition) is 5. The van der Waals surface area contributed by atoms with Gasteiger partial charge in [0.1, 0.15) is 11.9 Å². The maximum Gasteiger partial charge on any atom is 0.245 e. The molecule has 0 spiro atoms. The van der Waals surface area contributed by atoms with Gasteiger partial charge in [0.2, 0.25) is 21.7 Å². The molecule has 1 atom stereocenters. The zero-order valence-corrected chi connectivity index (χ0v) is 16.9. The van der Waals surface area contributed by atoms with Crippen LogP contribution in [0.5, 0.6) is 0 Å². The van der Waals surface area contributed by atoms with Gasteiger partial charge in [0.15, 0.2) is 0 Å². The maximum atomic E-state index is 13.5. The summed E-state index contributed by atoms with van der Waals surface area (Å²) in [5, 5.41) is 3.92. The van der Waals surface area contributed by atoms with E-state index in [1.165, 1.54) is 16.4 Å². The third-order valence-corrected chi connectivity index (χ3v) is 7.00.